The molecule has 2 bridgehead atoms. The largest absolute Gasteiger partial charge is 0.457 e. The van der Waals surface area contributed by atoms with Crippen LogP contribution in [0.25, 0.3) is 11.2 Å². The number of carbonyl (C=O) groups excluding carboxylic acids is 1. The molecular weight excluding hydrogens is 379 g/mol. The number of hydrogen-bond acceptors (Lipinski definition) is 3. The zero-order chi connectivity index (χ0) is 15.1. The zero-order valence-corrected chi connectivity index (χ0v) is 14.7. The van der Waals surface area contributed by atoms with Gasteiger partial charge in [0.05, 0.1) is 0 Å². The highest BCUT2D eigenvalue weighted by Crippen LogP contribution is 2.45. The molecule has 3 rings (SSSR count). The van der Waals surface area contributed by atoms with Gasteiger partial charge in [-0.3, -0.25) is 4.79 Å². The molecule has 2 aromatic rings. The van der Waals surface area contributed by atoms with Crippen LogP contribution in [0, 0.1) is 0 Å². The molecule has 2 aromatic heterocycles. The minimum absolute atomic E-state index is 0.106. The van der Waals surface area contributed by atoms with E-state index in [9.17, 15) is 4.79 Å². The molecule has 0 spiro atoms. The van der Waals surface area contributed by atoms with Gasteiger partial charge in [-0.1, -0.05) is 35.9 Å². The molecule has 0 aromatic carbocycles. The second kappa shape index (κ2) is 5.45. The standard InChI is InChI=1S/C17H21IO3/c1-3-16(2,18)15(19)21-17(9-5-4-6-10-17)13-11-12-7-8-14(13)20-12/h7-8,11H,3-6,9-10H2,1-2H3. The predicted octanol–water partition coefficient (Wildman–Crippen LogP) is 5.18. The van der Waals surface area contributed by atoms with Crippen molar-refractivity contribution in [1.82, 2.24) is 0 Å². The summed E-state index contributed by atoms with van der Waals surface area (Å²) in [5.41, 5.74) is 2.31. The Morgan fingerprint density at radius 3 is 2.62 bits per heavy atom. The molecule has 0 N–H and O–H groups in total. The highest BCUT2D eigenvalue weighted by molar-refractivity contribution is 14.1. The van der Waals surface area contributed by atoms with Crippen molar-refractivity contribution in [2.45, 2.75) is 61.4 Å². The fourth-order valence-electron chi connectivity index (χ4n) is 3.12. The van der Waals surface area contributed by atoms with E-state index in [0.717, 1.165) is 48.8 Å². The molecule has 21 heavy (non-hydrogen) atoms. The Hall–Kier alpha value is -0.780. The predicted molar refractivity (Wildman–Crippen MR) is 91.0 cm³/mol. The molecule has 1 fully saturated rings. The number of fused-ring (bicyclic) bond motifs is 2. The zero-order valence-electron chi connectivity index (χ0n) is 12.6. The van der Waals surface area contributed by atoms with Gasteiger partial charge >= 0.3 is 5.97 Å². The number of hydrogen-bond donors (Lipinski definition) is 0. The van der Waals surface area contributed by atoms with E-state index >= 15 is 0 Å². The Balaban J connectivity index is 1.94. The summed E-state index contributed by atoms with van der Waals surface area (Å²) < 4.78 is 11.3. The molecule has 0 amide bonds. The number of rotatable bonds is 4. The van der Waals surface area contributed by atoms with Crippen LogP contribution in [0.4, 0.5) is 0 Å². The first-order valence-corrected chi connectivity index (χ1v) is 8.79. The molecule has 1 saturated carbocycles. The second-order valence-corrected chi connectivity index (χ2v) is 8.64. The number of carbonyl (C=O) groups is 1. The van der Waals surface area contributed by atoms with Crippen molar-refractivity contribution in [3.63, 3.8) is 0 Å². The van der Waals surface area contributed by atoms with Crippen molar-refractivity contribution in [3.8, 4) is 0 Å². The smallest absolute Gasteiger partial charge is 0.322 e. The number of alkyl halides is 1. The third-order valence-electron chi connectivity index (χ3n) is 4.71. The summed E-state index contributed by atoms with van der Waals surface area (Å²) in [5.74, 6) is -0.106. The van der Waals surface area contributed by atoms with Crippen LogP contribution in [-0.2, 0) is 15.1 Å². The van der Waals surface area contributed by atoms with Crippen LogP contribution in [0.2, 0.25) is 0 Å². The number of ether oxygens (including phenoxy) is 1. The molecule has 0 radical (unpaired) electrons. The molecule has 1 aliphatic carbocycles. The van der Waals surface area contributed by atoms with Gasteiger partial charge < -0.3 is 9.15 Å². The summed E-state index contributed by atoms with van der Waals surface area (Å²) in [6, 6.07) is 5.99. The second-order valence-electron chi connectivity index (χ2n) is 6.26. The molecule has 1 atom stereocenters. The fraction of sp³-hybridized carbons (Fsp3) is 0.588. The van der Waals surface area contributed by atoms with Crippen LogP contribution < -0.4 is 0 Å². The highest BCUT2D eigenvalue weighted by Gasteiger charge is 2.43. The van der Waals surface area contributed by atoms with Gasteiger partial charge in [0.2, 0.25) is 0 Å². The van der Waals surface area contributed by atoms with Crippen molar-refractivity contribution < 1.29 is 13.9 Å². The maximum atomic E-state index is 12.6. The van der Waals surface area contributed by atoms with Gasteiger partial charge in [-0.25, -0.2) is 0 Å². The Bertz CT molecular complexity index is 622. The minimum Gasteiger partial charge on any atom is -0.457 e. The van der Waals surface area contributed by atoms with Gasteiger partial charge in [-0.05, 0) is 57.2 Å². The van der Waals surface area contributed by atoms with Crippen LogP contribution in [-0.4, -0.2) is 9.39 Å². The molecule has 0 aliphatic heterocycles. The molecule has 114 valence electrons. The maximum absolute atomic E-state index is 12.6. The van der Waals surface area contributed by atoms with E-state index < -0.39 is 9.02 Å². The highest BCUT2D eigenvalue weighted by atomic mass is 127. The van der Waals surface area contributed by atoms with Crippen molar-refractivity contribution in [1.29, 1.82) is 0 Å². The lowest BCUT2D eigenvalue weighted by atomic mass is 9.79. The summed E-state index contributed by atoms with van der Waals surface area (Å²) >= 11 is 2.20. The van der Waals surface area contributed by atoms with Crippen LogP contribution in [0.3, 0.4) is 0 Å². The quantitative estimate of drug-likeness (QED) is 0.404. The Kier molecular flexibility index (Phi) is 3.93. The molecule has 4 heteroatoms. The molecule has 1 aliphatic rings. The van der Waals surface area contributed by atoms with E-state index in [1.807, 2.05) is 32.0 Å². The molecule has 1 unspecified atom stereocenters. The van der Waals surface area contributed by atoms with E-state index in [-0.39, 0.29) is 5.97 Å². The average Bonchev–Trinajstić information content (AvgIpc) is 3.11. The summed E-state index contributed by atoms with van der Waals surface area (Å²) in [4.78, 5) is 12.6. The number of halogens is 1. The van der Waals surface area contributed by atoms with E-state index in [1.54, 1.807) is 0 Å². The first-order chi connectivity index (χ1) is 9.97. The van der Waals surface area contributed by atoms with Gasteiger partial charge in [0.15, 0.2) is 0 Å². The van der Waals surface area contributed by atoms with Crippen LogP contribution in [0.15, 0.2) is 22.6 Å². The third kappa shape index (κ3) is 2.67. The van der Waals surface area contributed by atoms with E-state index in [0.29, 0.717) is 0 Å². The van der Waals surface area contributed by atoms with Gasteiger partial charge in [-0.15, -0.1) is 0 Å². The lowest BCUT2D eigenvalue weighted by Crippen LogP contribution is -2.40. The van der Waals surface area contributed by atoms with Crippen LogP contribution in [0.1, 0.15) is 57.9 Å². The first kappa shape index (κ1) is 15.1. The molecule has 0 saturated heterocycles. The normalized spacial score (nSPS) is 21.3. The number of furan rings is 2. The molecule has 2 heterocycles. The van der Waals surface area contributed by atoms with Crippen LogP contribution in [0.5, 0.6) is 0 Å². The van der Waals surface area contributed by atoms with E-state index in [2.05, 4.69) is 22.6 Å². The van der Waals surface area contributed by atoms with Gasteiger partial charge in [0.1, 0.15) is 20.2 Å². The maximum Gasteiger partial charge on any atom is 0.322 e. The fourth-order valence-corrected chi connectivity index (χ4v) is 3.23. The summed E-state index contributed by atoms with van der Waals surface area (Å²) in [6.07, 6.45) is 5.97. The van der Waals surface area contributed by atoms with Gasteiger partial charge in [-0.2, -0.15) is 0 Å². The van der Waals surface area contributed by atoms with Crippen molar-refractivity contribution in [2.24, 2.45) is 0 Å². The number of esters is 1. The first-order valence-electron chi connectivity index (χ1n) is 7.72. The Labute approximate surface area is 138 Å². The summed E-state index contributed by atoms with van der Waals surface area (Å²) in [5, 5.41) is 0. The van der Waals surface area contributed by atoms with E-state index in [1.165, 1.54) is 6.42 Å². The van der Waals surface area contributed by atoms with Crippen LogP contribution >= 0.6 is 22.6 Å². The minimum atomic E-state index is -0.487. The number of benzene rings is 1. The lowest BCUT2D eigenvalue weighted by Gasteiger charge is -2.38. The summed E-state index contributed by atoms with van der Waals surface area (Å²) in [6.45, 7) is 3.97. The van der Waals surface area contributed by atoms with Gasteiger partial charge in [0.25, 0.3) is 0 Å². The average molecular weight is 400 g/mol. The SMILES string of the molecule is CCC(C)(I)C(=O)OC1(c2cc3ccc2o3)CCCCC1. The Morgan fingerprint density at radius 2 is 2.10 bits per heavy atom. The van der Waals surface area contributed by atoms with Gasteiger partial charge in [0, 0.05) is 5.56 Å². The summed E-state index contributed by atoms with van der Waals surface area (Å²) in [7, 11) is 0. The van der Waals surface area contributed by atoms with Crippen molar-refractivity contribution >= 4 is 39.7 Å². The van der Waals surface area contributed by atoms with E-state index in [4.69, 9.17) is 9.15 Å². The van der Waals surface area contributed by atoms with Crippen molar-refractivity contribution in [3.05, 3.63) is 23.8 Å². The topological polar surface area (TPSA) is 39.4 Å². The molecular formula is C17H21IO3. The Morgan fingerprint density at radius 1 is 1.38 bits per heavy atom. The van der Waals surface area contributed by atoms with Crippen molar-refractivity contribution in [2.75, 3.05) is 0 Å². The third-order valence-corrected chi connectivity index (χ3v) is 5.91. The monoisotopic (exact) mass is 400 g/mol. The molecule has 3 nitrogen and oxygen atoms in total. The lowest BCUT2D eigenvalue weighted by molar-refractivity contribution is -0.167.